The second-order valence-electron chi connectivity index (χ2n) is 6.26. The smallest absolute Gasteiger partial charge is 0.165 e. The van der Waals surface area contributed by atoms with E-state index in [4.69, 9.17) is 5.26 Å². The predicted octanol–water partition coefficient (Wildman–Crippen LogP) is 4.27. The van der Waals surface area contributed by atoms with Crippen molar-refractivity contribution in [1.82, 2.24) is 4.57 Å². The fraction of sp³-hybridized carbons (Fsp3) is 0.294. The summed E-state index contributed by atoms with van der Waals surface area (Å²) < 4.78 is 2.83. The third kappa shape index (κ3) is 2.43. The molecule has 0 radical (unpaired) electrons. The number of Topliss-reactive ketones (excluding diaryl/α,β-unsaturated/α-hetero) is 1. The van der Waals surface area contributed by atoms with Gasteiger partial charge in [-0.2, -0.15) is 5.26 Å². The highest BCUT2D eigenvalue weighted by Gasteiger charge is 2.33. The summed E-state index contributed by atoms with van der Waals surface area (Å²) in [6, 6.07) is 9.67. The highest BCUT2D eigenvalue weighted by molar-refractivity contribution is 9.10. The van der Waals surface area contributed by atoms with Gasteiger partial charge in [0, 0.05) is 34.0 Å². The largest absolute Gasteiger partial charge is 0.320 e. The molecule has 0 fully saturated rings. The standard InChI is InChI=1S/C17H15BrN2O/c1-17(2)8-15-13(16(21)9-17)5-6-20(15)12-4-3-11(10-19)14(18)7-12/h3-7H,8-9H2,1-2H3. The molecule has 0 spiro atoms. The summed E-state index contributed by atoms with van der Waals surface area (Å²) in [5.41, 5.74) is 3.45. The number of benzene rings is 1. The fourth-order valence-electron chi connectivity index (χ4n) is 2.93. The van der Waals surface area contributed by atoms with E-state index in [0.717, 1.165) is 27.8 Å². The summed E-state index contributed by atoms with van der Waals surface area (Å²) in [5.74, 6) is 0.215. The topological polar surface area (TPSA) is 45.8 Å². The zero-order valence-corrected chi connectivity index (χ0v) is 13.6. The van der Waals surface area contributed by atoms with Gasteiger partial charge in [-0.3, -0.25) is 4.79 Å². The van der Waals surface area contributed by atoms with Crippen LogP contribution in [0.15, 0.2) is 34.9 Å². The van der Waals surface area contributed by atoms with Crippen molar-refractivity contribution in [2.45, 2.75) is 26.7 Å². The van der Waals surface area contributed by atoms with E-state index in [9.17, 15) is 4.79 Å². The first-order valence-corrected chi connectivity index (χ1v) is 7.64. The first kappa shape index (κ1) is 14.1. The molecule has 2 aromatic rings. The Hall–Kier alpha value is -1.86. The lowest BCUT2D eigenvalue weighted by Crippen LogP contribution is -2.27. The van der Waals surface area contributed by atoms with E-state index in [1.807, 2.05) is 24.4 Å². The molecule has 3 nitrogen and oxygen atoms in total. The highest BCUT2D eigenvalue weighted by Crippen LogP contribution is 2.36. The Morgan fingerprint density at radius 3 is 2.71 bits per heavy atom. The van der Waals surface area contributed by atoms with Crippen molar-refractivity contribution < 1.29 is 4.79 Å². The van der Waals surface area contributed by atoms with E-state index in [-0.39, 0.29) is 11.2 Å². The van der Waals surface area contributed by atoms with Gasteiger partial charge in [0.05, 0.1) is 5.56 Å². The van der Waals surface area contributed by atoms with Crippen LogP contribution in [0.25, 0.3) is 5.69 Å². The van der Waals surface area contributed by atoms with Gasteiger partial charge >= 0.3 is 0 Å². The Bertz CT molecular complexity index is 781. The van der Waals surface area contributed by atoms with Gasteiger partial charge in [-0.25, -0.2) is 0 Å². The molecule has 0 saturated carbocycles. The van der Waals surface area contributed by atoms with Crippen molar-refractivity contribution >= 4 is 21.7 Å². The van der Waals surface area contributed by atoms with Gasteiger partial charge in [-0.05, 0) is 52.0 Å². The highest BCUT2D eigenvalue weighted by atomic mass is 79.9. The molecule has 4 heteroatoms. The van der Waals surface area contributed by atoms with Crippen LogP contribution in [0.1, 0.15) is 41.9 Å². The molecule has 0 unspecified atom stereocenters. The summed E-state index contributed by atoms with van der Waals surface area (Å²) in [5, 5.41) is 9.00. The minimum absolute atomic E-state index is 0.00991. The van der Waals surface area contributed by atoms with E-state index in [0.29, 0.717) is 12.0 Å². The number of rotatable bonds is 1. The van der Waals surface area contributed by atoms with Crippen LogP contribution in [0.3, 0.4) is 0 Å². The first-order valence-electron chi connectivity index (χ1n) is 6.85. The molecular formula is C17H15BrN2O. The molecule has 106 valence electrons. The molecule has 0 N–H and O–H groups in total. The molecule has 1 aromatic carbocycles. The number of carbonyl (C=O) groups is 1. The summed E-state index contributed by atoms with van der Waals surface area (Å²) in [7, 11) is 0. The van der Waals surface area contributed by atoms with E-state index < -0.39 is 0 Å². The minimum Gasteiger partial charge on any atom is -0.320 e. The average molecular weight is 343 g/mol. The second-order valence-corrected chi connectivity index (χ2v) is 7.12. The number of hydrogen-bond donors (Lipinski definition) is 0. The maximum absolute atomic E-state index is 12.2. The normalized spacial score (nSPS) is 16.4. The van der Waals surface area contributed by atoms with Crippen LogP contribution >= 0.6 is 15.9 Å². The maximum Gasteiger partial charge on any atom is 0.165 e. The van der Waals surface area contributed by atoms with Gasteiger partial charge in [0.15, 0.2) is 5.78 Å². The minimum atomic E-state index is -0.00991. The van der Waals surface area contributed by atoms with Crippen LogP contribution in [0, 0.1) is 16.7 Å². The first-order chi connectivity index (χ1) is 9.91. The van der Waals surface area contributed by atoms with Crippen LogP contribution in [-0.2, 0) is 6.42 Å². The zero-order chi connectivity index (χ0) is 15.2. The number of nitriles is 1. The van der Waals surface area contributed by atoms with E-state index in [1.165, 1.54) is 0 Å². The molecular weight excluding hydrogens is 328 g/mol. The molecule has 0 amide bonds. The van der Waals surface area contributed by atoms with E-state index >= 15 is 0 Å². The van der Waals surface area contributed by atoms with Gasteiger partial charge in [-0.1, -0.05) is 13.8 Å². The lowest BCUT2D eigenvalue weighted by atomic mass is 9.76. The Balaban J connectivity index is 2.12. The maximum atomic E-state index is 12.2. The summed E-state index contributed by atoms with van der Waals surface area (Å²) in [6.45, 7) is 4.25. The molecule has 1 aliphatic carbocycles. The predicted molar refractivity (Wildman–Crippen MR) is 84.6 cm³/mol. The van der Waals surface area contributed by atoms with Crippen molar-refractivity contribution in [2.75, 3.05) is 0 Å². The van der Waals surface area contributed by atoms with Crippen molar-refractivity contribution in [1.29, 1.82) is 5.26 Å². The lowest BCUT2D eigenvalue weighted by molar-refractivity contribution is 0.0911. The third-order valence-electron chi connectivity index (χ3n) is 3.93. The molecule has 0 atom stereocenters. The van der Waals surface area contributed by atoms with Crippen LogP contribution in [0.5, 0.6) is 0 Å². The van der Waals surface area contributed by atoms with Gasteiger partial charge in [0.1, 0.15) is 6.07 Å². The molecule has 0 saturated heterocycles. The number of aromatic nitrogens is 1. The van der Waals surface area contributed by atoms with Crippen molar-refractivity contribution in [3.8, 4) is 11.8 Å². The number of ketones is 1. The number of fused-ring (bicyclic) bond motifs is 1. The van der Waals surface area contributed by atoms with Crippen molar-refractivity contribution in [3.63, 3.8) is 0 Å². The molecule has 3 rings (SSSR count). The molecule has 1 aliphatic rings. The molecule has 0 aliphatic heterocycles. The number of halogens is 1. The Morgan fingerprint density at radius 1 is 1.29 bits per heavy atom. The monoisotopic (exact) mass is 342 g/mol. The Kier molecular flexibility index (Phi) is 3.26. The van der Waals surface area contributed by atoms with Crippen LogP contribution in [0.4, 0.5) is 0 Å². The third-order valence-corrected chi connectivity index (χ3v) is 4.58. The van der Waals surface area contributed by atoms with Gasteiger partial charge < -0.3 is 4.57 Å². The van der Waals surface area contributed by atoms with Crippen LogP contribution in [0.2, 0.25) is 0 Å². The molecule has 0 bridgehead atoms. The lowest BCUT2D eigenvalue weighted by Gasteiger charge is -2.29. The fourth-order valence-corrected chi connectivity index (χ4v) is 3.39. The zero-order valence-electron chi connectivity index (χ0n) is 12.0. The summed E-state index contributed by atoms with van der Waals surface area (Å²) >= 11 is 3.42. The number of carbonyl (C=O) groups excluding carboxylic acids is 1. The number of nitrogens with zero attached hydrogens (tertiary/aromatic N) is 2. The van der Waals surface area contributed by atoms with Gasteiger partial charge in [-0.15, -0.1) is 0 Å². The molecule has 1 heterocycles. The average Bonchev–Trinajstić information content (AvgIpc) is 2.81. The van der Waals surface area contributed by atoms with Gasteiger partial charge in [0.2, 0.25) is 0 Å². The summed E-state index contributed by atoms with van der Waals surface area (Å²) in [6.07, 6.45) is 3.41. The van der Waals surface area contributed by atoms with E-state index in [2.05, 4.69) is 40.4 Å². The second kappa shape index (κ2) is 4.85. The molecule has 21 heavy (non-hydrogen) atoms. The van der Waals surface area contributed by atoms with Crippen LogP contribution in [-0.4, -0.2) is 10.4 Å². The quantitative estimate of drug-likeness (QED) is 0.776. The number of hydrogen-bond acceptors (Lipinski definition) is 2. The van der Waals surface area contributed by atoms with E-state index in [1.54, 1.807) is 6.07 Å². The van der Waals surface area contributed by atoms with Gasteiger partial charge in [0.25, 0.3) is 0 Å². The SMILES string of the molecule is CC1(C)CC(=O)c2ccn(-c3ccc(C#N)c(Br)c3)c2C1. The Labute approximate surface area is 132 Å². The van der Waals surface area contributed by atoms with Crippen molar-refractivity contribution in [2.24, 2.45) is 5.41 Å². The molecule has 1 aromatic heterocycles. The van der Waals surface area contributed by atoms with Crippen LogP contribution < -0.4 is 0 Å². The Morgan fingerprint density at radius 2 is 2.05 bits per heavy atom. The van der Waals surface area contributed by atoms with Crippen molar-refractivity contribution in [3.05, 3.63) is 51.8 Å². The summed E-state index contributed by atoms with van der Waals surface area (Å²) in [4.78, 5) is 12.2.